The van der Waals surface area contributed by atoms with Crippen molar-refractivity contribution >= 4 is 17.7 Å². The third-order valence-corrected chi connectivity index (χ3v) is 6.36. The summed E-state index contributed by atoms with van der Waals surface area (Å²) in [6, 6.07) is 17.5. The number of aliphatic hydroxyl groups is 1. The molecule has 33 heavy (non-hydrogen) atoms. The van der Waals surface area contributed by atoms with Gasteiger partial charge in [-0.15, -0.1) is 0 Å². The van der Waals surface area contributed by atoms with Gasteiger partial charge >= 0.3 is 0 Å². The van der Waals surface area contributed by atoms with E-state index in [0.29, 0.717) is 18.7 Å². The highest BCUT2D eigenvalue weighted by molar-refractivity contribution is 7.99. The molecule has 0 aliphatic carbocycles. The number of carbonyl (C=O) groups excluding carboxylic acids is 1. The number of aromatic nitrogens is 2. The van der Waals surface area contributed by atoms with Crippen molar-refractivity contribution in [2.24, 2.45) is 0 Å². The molecular formula is C25H27N3O4S. The first-order valence-electron chi connectivity index (χ1n) is 10.8. The van der Waals surface area contributed by atoms with Gasteiger partial charge in [-0.1, -0.05) is 60.3 Å². The molecular weight excluding hydrogens is 438 g/mol. The highest BCUT2D eigenvalue weighted by Crippen LogP contribution is 2.39. The Morgan fingerprint density at radius 2 is 1.70 bits per heavy atom. The SMILES string of the molecule is CC(=O)NCc1ccc([C@H]2O[C@@H](CSc3ncccn3)C[C@@H](c3ccc(CO)cc3)O2)cc1. The largest absolute Gasteiger partial charge is 0.392 e. The quantitative estimate of drug-likeness (QED) is 0.384. The number of aliphatic hydroxyl groups excluding tert-OH is 1. The van der Waals surface area contributed by atoms with E-state index in [1.165, 1.54) is 6.92 Å². The van der Waals surface area contributed by atoms with Crippen LogP contribution < -0.4 is 5.32 Å². The molecule has 0 unspecified atom stereocenters. The van der Waals surface area contributed by atoms with Gasteiger partial charge in [-0.3, -0.25) is 4.79 Å². The van der Waals surface area contributed by atoms with Gasteiger partial charge in [0, 0.05) is 43.6 Å². The molecule has 1 saturated heterocycles. The molecule has 0 radical (unpaired) electrons. The Morgan fingerprint density at radius 3 is 2.36 bits per heavy atom. The lowest BCUT2D eigenvalue weighted by atomic mass is 10.0. The third kappa shape index (κ3) is 6.61. The van der Waals surface area contributed by atoms with Crippen LogP contribution in [-0.4, -0.2) is 32.8 Å². The fourth-order valence-corrected chi connectivity index (χ4v) is 4.39. The Morgan fingerprint density at radius 1 is 1.03 bits per heavy atom. The Balaban J connectivity index is 1.49. The minimum atomic E-state index is -0.515. The van der Waals surface area contributed by atoms with Crippen LogP contribution in [0.2, 0.25) is 0 Å². The number of thioether (sulfide) groups is 1. The monoisotopic (exact) mass is 465 g/mol. The van der Waals surface area contributed by atoms with Crippen molar-refractivity contribution in [3.8, 4) is 0 Å². The molecule has 2 heterocycles. The molecule has 2 aromatic carbocycles. The second-order valence-electron chi connectivity index (χ2n) is 7.84. The zero-order valence-corrected chi connectivity index (χ0v) is 19.2. The van der Waals surface area contributed by atoms with E-state index in [0.717, 1.165) is 27.4 Å². The summed E-state index contributed by atoms with van der Waals surface area (Å²) >= 11 is 1.56. The van der Waals surface area contributed by atoms with Gasteiger partial charge in [0.15, 0.2) is 11.4 Å². The maximum Gasteiger partial charge on any atom is 0.217 e. The van der Waals surface area contributed by atoms with Gasteiger partial charge in [0.05, 0.1) is 18.8 Å². The topological polar surface area (TPSA) is 93.6 Å². The lowest BCUT2D eigenvalue weighted by molar-refractivity contribution is -0.245. The molecule has 1 fully saturated rings. The average molecular weight is 466 g/mol. The minimum absolute atomic E-state index is 0.0126. The van der Waals surface area contributed by atoms with E-state index in [4.69, 9.17) is 9.47 Å². The Hall–Kier alpha value is -2.78. The predicted molar refractivity (Wildman–Crippen MR) is 125 cm³/mol. The highest BCUT2D eigenvalue weighted by Gasteiger charge is 2.32. The normalized spacial score (nSPS) is 20.4. The summed E-state index contributed by atoms with van der Waals surface area (Å²) in [6.07, 6.45) is 3.46. The van der Waals surface area contributed by atoms with Crippen LogP contribution in [0.15, 0.2) is 72.1 Å². The summed E-state index contributed by atoms with van der Waals surface area (Å²) in [6.45, 7) is 2.00. The summed E-state index contributed by atoms with van der Waals surface area (Å²) in [5.41, 5.74) is 3.85. The Labute approximate surface area is 197 Å². The molecule has 8 heteroatoms. The van der Waals surface area contributed by atoms with Crippen molar-refractivity contribution in [1.82, 2.24) is 15.3 Å². The van der Waals surface area contributed by atoms with E-state index in [1.54, 1.807) is 30.2 Å². The summed E-state index contributed by atoms with van der Waals surface area (Å²) in [7, 11) is 0. The lowest BCUT2D eigenvalue weighted by Gasteiger charge is -2.36. The Bertz CT molecular complexity index is 1030. The number of hydrogen-bond acceptors (Lipinski definition) is 7. The van der Waals surface area contributed by atoms with Crippen LogP contribution in [0, 0.1) is 0 Å². The van der Waals surface area contributed by atoms with E-state index < -0.39 is 6.29 Å². The zero-order valence-electron chi connectivity index (χ0n) is 18.4. The van der Waals surface area contributed by atoms with Crippen molar-refractivity contribution in [3.63, 3.8) is 0 Å². The molecule has 1 aromatic heterocycles. The van der Waals surface area contributed by atoms with Gasteiger partial charge in [0.1, 0.15) is 0 Å². The third-order valence-electron chi connectivity index (χ3n) is 5.35. The molecule has 3 aromatic rings. The fraction of sp³-hybridized carbons (Fsp3) is 0.320. The fourth-order valence-electron chi connectivity index (χ4n) is 3.57. The van der Waals surface area contributed by atoms with Crippen LogP contribution in [0.4, 0.5) is 0 Å². The highest BCUT2D eigenvalue weighted by atomic mass is 32.2. The van der Waals surface area contributed by atoms with Gasteiger partial charge in [0.2, 0.25) is 5.91 Å². The van der Waals surface area contributed by atoms with E-state index in [2.05, 4.69) is 15.3 Å². The number of ether oxygens (including phenoxy) is 2. The second-order valence-corrected chi connectivity index (χ2v) is 8.83. The molecule has 0 bridgehead atoms. The summed E-state index contributed by atoms with van der Waals surface area (Å²) in [4.78, 5) is 19.7. The number of carbonyl (C=O) groups is 1. The van der Waals surface area contributed by atoms with Crippen molar-refractivity contribution in [2.45, 2.75) is 50.2 Å². The molecule has 1 amide bonds. The van der Waals surface area contributed by atoms with Gasteiger partial charge in [-0.25, -0.2) is 9.97 Å². The molecule has 3 atom stereocenters. The van der Waals surface area contributed by atoms with Crippen LogP contribution in [0.25, 0.3) is 0 Å². The van der Waals surface area contributed by atoms with Crippen LogP contribution in [0.5, 0.6) is 0 Å². The lowest BCUT2D eigenvalue weighted by Crippen LogP contribution is -2.31. The molecule has 0 saturated carbocycles. The van der Waals surface area contributed by atoms with Gasteiger partial charge in [-0.2, -0.15) is 0 Å². The van der Waals surface area contributed by atoms with Gasteiger partial charge in [-0.05, 0) is 22.8 Å². The van der Waals surface area contributed by atoms with Crippen LogP contribution in [-0.2, 0) is 27.4 Å². The molecule has 7 nitrogen and oxygen atoms in total. The van der Waals surface area contributed by atoms with Gasteiger partial charge < -0.3 is 19.9 Å². The number of amides is 1. The van der Waals surface area contributed by atoms with Crippen molar-refractivity contribution in [1.29, 1.82) is 0 Å². The van der Waals surface area contributed by atoms with Crippen LogP contribution in [0.3, 0.4) is 0 Å². The minimum Gasteiger partial charge on any atom is -0.392 e. The number of nitrogens with zero attached hydrogens (tertiary/aromatic N) is 2. The number of benzene rings is 2. The van der Waals surface area contributed by atoms with E-state index in [1.807, 2.05) is 48.5 Å². The number of hydrogen-bond donors (Lipinski definition) is 2. The molecule has 0 spiro atoms. The van der Waals surface area contributed by atoms with Crippen molar-refractivity contribution < 1.29 is 19.4 Å². The standard InChI is InChI=1S/C25H27N3O4S/c1-17(30)28-14-18-3-9-21(10-4-18)24-31-22(16-33-25-26-11-2-12-27-25)13-23(32-24)20-7-5-19(15-29)6-8-20/h2-12,22-24,29H,13-16H2,1H3,(H,28,30)/t22-,23+,24+/m1/s1. The van der Waals surface area contributed by atoms with Crippen molar-refractivity contribution in [3.05, 3.63) is 89.2 Å². The van der Waals surface area contributed by atoms with Gasteiger partial charge in [0.25, 0.3) is 0 Å². The molecule has 2 N–H and O–H groups in total. The van der Waals surface area contributed by atoms with E-state index in [9.17, 15) is 9.90 Å². The first kappa shape index (κ1) is 23.4. The zero-order chi connectivity index (χ0) is 23.0. The maximum atomic E-state index is 11.2. The first-order valence-corrected chi connectivity index (χ1v) is 11.8. The first-order chi connectivity index (χ1) is 16.1. The predicted octanol–water partition coefficient (Wildman–Crippen LogP) is 3.94. The van der Waals surface area contributed by atoms with E-state index >= 15 is 0 Å². The number of nitrogens with one attached hydrogen (secondary N) is 1. The molecule has 1 aliphatic heterocycles. The van der Waals surface area contributed by atoms with Crippen molar-refractivity contribution in [2.75, 3.05) is 5.75 Å². The summed E-state index contributed by atoms with van der Waals surface area (Å²) in [5, 5.41) is 12.9. The smallest absolute Gasteiger partial charge is 0.217 e. The van der Waals surface area contributed by atoms with E-state index in [-0.39, 0.29) is 24.7 Å². The van der Waals surface area contributed by atoms with Crippen LogP contribution >= 0.6 is 11.8 Å². The summed E-state index contributed by atoms with van der Waals surface area (Å²) < 4.78 is 12.7. The molecule has 4 rings (SSSR count). The summed E-state index contributed by atoms with van der Waals surface area (Å²) in [5.74, 6) is 0.645. The molecule has 1 aliphatic rings. The maximum absolute atomic E-state index is 11.2. The number of rotatable bonds is 8. The average Bonchev–Trinajstić information content (AvgIpc) is 2.87. The molecule has 172 valence electrons. The second kappa shape index (κ2) is 11.4. The Kier molecular flexibility index (Phi) is 8.06. The van der Waals surface area contributed by atoms with Crippen LogP contribution in [0.1, 0.15) is 48.0 Å².